The molecule has 0 saturated heterocycles. The van der Waals surface area contributed by atoms with Gasteiger partial charge in [0.2, 0.25) is 0 Å². The van der Waals surface area contributed by atoms with Crippen molar-refractivity contribution in [3.05, 3.63) is 23.8 Å². The van der Waals surface area contributed by atoms with E-state index in [-0.39, 0.29) is 11.3 Å². The molecule has 0 bridgehead atoms. The first kappa shape index (κ1) is 14.4. The van der Waals surface area contributed by atoms with Gasteiger partial charge in [0.1, 0.15) is 0 Å². The Morgan fingerprint density at radius 3 is 2.61 bits per heavy atom. The zero-order valence-electron chi connectivity index (χ0n) is 11.6. The Bertz CT molecular complexity index is 427. The fourth-order valence-electron chi connectivity index (χ4n) is 1.50. The lowest BCUT2D eigenvalue weighted by Gasteiger charge is -2.24. The van der Waals surface area contributed by atoms with Gasteiger partial charge in [-0.05, 0) is 30.0 Å². The molecule has 4 N–H and O–H groups in total. The van der Waals surface area contributed by atoms with Gasteiger partial charge in [-0.3, -0.25) is 4.79 Å². The average molecular weight is 249 g/mol. The molecule has 100 valence electrons. The number of carbonyl (C=O) groups excluding carboxylic acids is 1. The maximum Gasteiger partial charge on any atom is 0.253 e. The van der Waals surface area contributed by atoms with Gasteiger partial charge in [-0.25, -0.2) is 0 Å². The first-order valence-electron chi connectivity index (χ1n) is 6.25. The average Bonchev–Trinajstić information content (AvgIpc) is 2.36. The minimum atomic E-state index is -0.105. The van der Waals surface area contributed by atoms with Crippen LogP contribution in [-0.2, 0) is 0 Å². The number of nitrogens with one attached hydrogen (secondary N) is 2. The Hall–Kier alpha value is -1.71. The van der Waals surface area contributed by atoms with Crippen LogP contribution in [0.1, 0.15) is 37.6 Å². The number of carbonyl (C=O) groups is 1. The van der Waals surface area contributed by atoms with Crippen molar-refractivity contribution >= 4 is 17.3 Å². The Morgan fingerprint density at radius 2 is 2.06 bits per heavy atom. The molecule has 0 atom stereocenters. The molecule has 0 spiro atoms. The minimum Gasteiger partial charge on any atom is -0.399 e. The SMILES string of the molecule is CCC(C)(C)CNc1cc(N)ccc1C(=O)NC. The van der Waals surface area contributed by atoms with Crippen LogP contribution in [0.15, 0.2) is 18.2 Å². The molecule has 0 heterocycles. The summed E-state index contributed by atoms with van der Waals surface area (Å²) in [5, 5.41) is 5.95. The number of hydrogen-bond donors (Lipinski definition) is 3. The normalized spacial score (nSPS) is 11.1. The molecular weight excluding hydrogens is 226 g/mol. The van der Waals surface area contributed by atoms with Crippen molar-refractivity contribution < 1.29 is 4.79 Å². The second-order valence-electron chi connectivity index (χ2n) is 5.26. The van der Waals surface area contributed by atoms with Crippen LogP contribution in [0.3, 0.4) is 0 Å². The molecule has 1 rings (SSSR count). The molecule has 0 aliphatic carbocycles. The van der Waals surface area contributed by atoms with Gasteiger partial charge in [0.15, 0.2) is 0 Å². The van der Waals surface area contributed by atoms with E-state index in [0.717, 1.165) is 18.7 Å². The summed E-state index contributed by atoms with van der Waals surface area (Å²) in [4.78, 5) is 11.7. The maximum absolute atomic E-state index is 11.7. The van der Waals surface area contributed by atoms with E-state index in [0.29, 0.717) is 11.3 Å². The molecule has 0 unspecified atom stereocenters. The third-order valence-corrected chi connectivity index (χ3v) is 3.23. The highest BCUT2D eigenvalue weighted by Crippen LogP contribution is 2.24. The van der Waals surface area contributed by atoms with Gasteiger partial charge in [-0.1, -0.05) is 20.8 Å². The highest BCUT2D eigenvalue weighted by molar-refractivity contribution is 6.00. The van der Waals surface area contributed by atoms with E-state index in [1.165, 1.54) is 0 Å². The zero-order valence-corrected chi connectivity index (χ0v) is 11.6. The van der Waals surface area contributed by atoms with Gasteiger partial charge in [-0.2, -0.15) is 0 Å². The Labute approximate surface area is 109 Å². The zero-order chi connectivity index (χ0) is 13.8. The van der Waals surface area contributed by atoms with Crippen LogP contribution < -0.4 is 16.4 Å². The first-order valence-corrected chi connectivity index (χ1v) is 6.25. The molecule has 4 nitrogen and oxygen atoms in total. The number of nitrogens with two attached hydrogens (primary N) is 1. The lowest BCUT2D eigenvalue weighted by Crippen LogP contribution is -2.25. The molecule has 18 heavy (non-hydrogen) atoms. The van der Waals surface area contributed by atoms with Gasteiger partial charge in [0.25, 0.3) is 5.91 Å². The van der Waals surface area contributed by atoms with Crippen LogP contribution in [-0.4, -0.2) is 19.5 Å². The second-order valence-corrected chi connectivity index (χ2v) is 5.26. The number of amides is 1. The predicted molar refractivity (Wildman–Crippen MR) is 76.8 cm³/mol. The number of rotatable bonds is 5. The fraction of sp³-hybridized carbons (Fsp3) is 0.500. The van der Waals surface area contributed by atoms with Gasteiger partial charge < -0.3 is 16.4 Å². The molecule has 4 heteroatoms. The summed E-state index contributed by atoms with van der Waals surface area (Å²) >= 11 is 0. The molecule has 0 aromatic heterocycles. The van der Waals surface area contributed by atoms with Crippen molar-refractivity contribution in [2.45, 2.75) is 27.2 Å². The quantitative estimate of drug-likeness (QED) is 0.702. The van der Waals surface area contributed by atoms with Gasteiger partial charge in [0, 0.05) is 25.0 Å². The van der Waals surface area contributed by atoms with Gasteiger partial charge >= 0.3 is 0 Å². The molecule has 0 saturated carbocycles. The van der Waals surface area contributed by atoms with Gasteiger partial charge in [0.05, 0.1) is 5.56 Å². The van der Waals surface area contributed by atoms with E-state index in [1.807, 2.05) is 0 Å². The van der Waals surface area contributed by atoms with Gasteiger partial charge in [-0.15, -0.1) is 0 Å². The lowest BCUT2D eigenvalue weighted by atomic mass is 9.90. The summed E-state index contributed by atoms with van der Waals surface area (Å²) in [6.07, 6.45) is 1.07. The van der Waals surface area contributed by atoms with Crippen molar-refractivity contribution in [3.63, 3.8) is 0 Å². The third kappa shape index (κ3) is 3.65. The highest BCUT2D eigenvalue weighted by atomic mass is 16.1. The first-order chi connectivity index (χ1) is 8.39. The lowest BCUT2D eigenvalue weighted by molar-refractivity contribution is 0.0964. The van der Waals surface area contributed by atoms with Crippen LogP contribution in [0.25, 0.3) is 0 Å². The van der Waals surface area contributed by atoms with Crippen LogP contribution in [0.4, 0.5) is 11.4 Å². The molecule has 1 amide bonds. The van der Waals surface area contributed by atoms with E-state index in [1.54, 1.807) is 25.2 Å². The van der Waals surface area contributed by atoms with Crippen LogP contribution in [0, 0.1) is 5.41 Å². The topological polar surface area (TPSA) is 67.1 Å². The van der Waals surface area contributed by atoms with E-state index in [4.69, 9.17) is 5.73 Å². The van der Waals surface area contributed by atoms with E-state index in [9.17, 15) is 4.79 Å². The minimum absolute atomic E-state index is 0.105. The molecular formula is C14H23N3O. The second kappa shape index (κ2) is 5.76. The molecule has 0 aliphatic rings. The molecule has 0 fully saturated rings. The fourth-order valence-corrected chi connectivity index (χ4v) is 1.50. The number of anilines is 2. The molecule has 1 aromatic rings. The van der Waals surface area contributed by atoms with Crippen molar-refractivity contribution in [2.75, 3.05) is 24.6 Å². The van der Waals surface area contributed by atoms with Crippen molar-refractivity contribution in [3.8, 4) is 0 Å². The Kier molecular flexibility index (Phi) is 4.59. The number of benzene rings is 1. The summed E-state index contributed by atoms with van der Waals surface area (Å²) in [5.74, 6) is -0.105. The standard InChI is InChI=1S/C14H23N3O/c1-5-14(2,3)9-17-12-8-10(15)6-7-11(12)13(18)16-4/h6-8,17H,5,9,15H2,1-4H3,(H,16,18). The number of nitrogen functional groups attached to an aromatic ring is 1. The van der Waals surface area contributed by atoms with Crippen LogP contribution in [0.2, 0.25) is 0 Å². The largest absolute Gasteiger partial charge is 0.399 e. The predicted octanol–water partition coefficient (Wildman–Crippen LogP) is 2.48. The Morgan fingerprint density at radius 1 is 1.39 bits per heavy atom. The maximum atomic E-state index is 11.7. The molecule has 0 aliphatic heterocycles. The molecule has 1 aromatic carbocycles. The Balaban J connectivity index is 2.93. The van der Waals surface area contributed by atoms with Crippen LogP contribution >= 0.6 is 0 Å². The van der Waals surface area contributed by atoms with Crippen molar-refractivity contribution in [1.29, 1.82) is 0 Å². The smallest absolute Gasteiger partial charge is 0.253 e. The monoisotopic (exact) mass is 249 g/mol. The van der Waals surface area contributed by atoms with Crippen LogP contribution in [0.5, 0.6) is 0 Å². The number of hydrogen-bond acceptors (Lipinski definition) is 3. The summed E-state index contributed by atoms with van der Waals surface area (Å²) < 4.78 is 0. The van der Waals surface area contributed by atoms with E-state index < -0.39 is 0 Å². The summed E-state index contributed by atoms with van der Waals surface area (Å²) in [6, 6.07) is 5.28. The highest BCUT2D eigenvalue weighted by Gasteiger charge is 2.16. The summed E-state index contributed by atoms with van der Waals surface area (Å²) in [7, 11) is 1.62. The van der Waals surface area contributed by atoms with E-state index in [2.05, 4.69) is 31.4 Å². The third-order valence-electron chi connectivity index (χ3n) is 3.23. The van der Waals surface area contributed by atoms with Crippen molar-refractivity contribution in [1.82, 2.24) is 5.32 Å². The summed E-state index contributed by atoms with van der Waals surface area (Å²) in [6.45, 7) is 7.33. The van der Waals surface area contributed by atoms with Crippen molar-refractivity contribution in [2.24, 2.45) is 5.41 Å². The molecule has 0 radical (unpaired) electrons. The van der Waals surface area contributed by atoms with E-state index >= 15 is 0 Å². The summed E-state index contributed by atoms with van der Waals surface area (Å²) in [5.41, 5.74) is 8.02.